The summed E-state index contributed by atoms with van der Waals surface area (Å²) in [5.74, 6) is -2.13. The van der Waals surface area contributed by atoms with Crippen LogP contribution in [0.2, 0.25) is 0 Å². The molecular formula is C11H8F3NO3. The molecule has 2 rings (SSSR count). The van der Waals surface area contributed by atoms with Crippen LogP contribution >= 0.6 is 0 Å². The third kappa shape index (κ3) is 2.79. The van der Waals surface area contributed by atoms with E-state index >= 15 is 0 Å². The number of carbonyl (C=O) groups is 1. The van der Waals surface area contributed by atoms with Gasteiger partial charge in [0, 0.05) is 12.3 Å². The molecular weight excluding hydrogens is 251 g/mol. The van der Waals surface area contributed by atoms with E-state index in [1.54, 1.807) is 0 Å². The van der Waals surface area contributed by atoms with Crippen molar-refractivity contribution in [2.24, 2.45) is 10.9 Å². The molecule has 0 saturated heterocycles. The molecule has 1 heterocycles. The zero-order valence-corrected chi connectivity index (χ0v) is 8.94. The van der Waals surface area contributed by atoms with E-state index in [4.69, 9.17) is 5.11 Å². The molecule has 0 bridgehead atoms. The second-order valence-corrected chi connectivity index (χ2v) is 3.77. The van der Waals surface area contributed by atoms with Crippen LogP contribution in [0.25, 0.3) is 0 Å². The van der Waals surface area contributed by atoms with Crippen LogP contribution in [0.5, 0.6) is 5.75 Å². The number of alkyl halides is 3. The van der Waals surface area contributed by atoms with Crippen molar-refractivity contribution in [3.8, 4) is 5.75 Å². The number of aliphatic imine (C=N–C) groups is 1. The molecule has 0 radical (unpaired) electrons. The first-order valence-corrected chi connectivity index (χ1v) is 5.01. The maximum Gasteiger partial charge on any atom is 0.573 e. The standard InChI is InChI=1S/C11H8F3NO3/c12-11(13,14)18-8-2-1-6-3-7(10(16)17)5-15-9(6)4-8/h1-2,4-5,7H,3H2,(H,16,17). The number of fused-ring (bicyclic) bond motifs is 1. The Labute approximate surface area is 99.7 Å². The lowest BCUT2D eigenvalue weighted by molar-refractivity contribution is -0.274. The fourth-order valence-electron chi connectivity index (χ4n) is 1.64. The molecule has 96 valence electrons. The van der Waals surface area contributed by atoms with Gasteiger partial charge in [0.1, 0.15) is 5.75 Å². The van der Waals surface area contributed by atoms with Crippen molar-refractivity contribution >= 4 is 17.9 Å². The Balaban J connectivity index is 2.23. The highest BCUT2D eigenvalue weighted by Crippen LogP contribution is 2.32. The zero-order chi connectivity index (χ0) is 13.3. The molecule has 18 heavy (non-hydrogen) atoms. The molecule has 7 heteroatoms. The molecule has 1 unspecified atom stereocenters. The van der Waals surface area contributed by atoms with Crippen molar-refractivity contribution < 1.29 is 27.8 Å². The van der Waals surface area contributed by atoms with E-state index in [2.05, 4.69) is 9.73 Å². The van der Waals surface area contributed by atoms with Crippen LogP contribution in [0.1, 0.15) is 5.56 Å². The monoisotopic (exact) mass is 259 g/mol. The predicted molar refractivity (Wildman–Crippen MR) is 56.1 cm³/mol. The number of ether oxygens (including phenoxy) is 1. The molecule has 0 saturated carbocycles. The number of carboxylic acids is 1. The van der Waals surface area contributed by atoms with Gasteiger partial charge < -0.3 is 9.84 Å². The topological polar surface area (TPSA) is 58.9 Å². The number of nitrogens with zero attached hydrogens (tertiary/aromatic N) is 1. The molecule has 1 aromatic carbocycles. The van der Waals surface area contributed by atoms with Gasteiger partial charge in [-0.2, -0.15) is 0 Å². The Morgan fingerprint density at radius 3 is 2.78 bits per heavy atom. The average molecular weight is 259 g/mol. The van der Waals surface area contributed by atoms with E-state index in [1.165, 1.54) is 12.3 Å². The number of hydrogen-bond acceptors (Lipinski definition) is 3. The fourth-order valence-corrected chi connectivity index (χ4v) is 1.64. The predicted octanol–water partition coefficient (Wildman–Crippen LogP) is 2.54. The summed E-state index contributed by atoms with van der Waals surface area (Å²) in [6.45, 7) is 0. The van der Waals surface area contributed by atoms with Crippen LogP contribution < -0.4 is 4.74 Å². The average Bonchev–Trinajstić information content (AvgIpc) is 2.26. The SMILES string of the molecule is O=C(O)C1C=Nc2cc(OC(F)(F)F)ccc2C1. The molecule has 0 spiro atoms. The van der Waals surface area contributed by atoms with Crippen LogP contribution in [0.4, 0.5) is 18.9 Å². The molecule has 0 aliphatic carbocycles. The largest absolute Gasteiger partial charge is 0.573 e. The summed E-state index contributed by atoms with van der Waals surface area (Å²) >= 11 is 0. The molecule has 1 aromatic rings. The van der Waals surface area contributed by atoms with Crippen molar-refractivity contribution in [2.45, 2.75) is 12.8 Å². The Morgan fingerprint density at radius 1 is 1.44 bits per heavy atom. The zero-order valence-electron chi connectivity index (χ0n) is 8.94. The summed E-state index contributed by atoms with van der Waals surface area (Å²) in [5.41, 5.74) is 0.883. The summed E-state index contributed by atoms with van der Waals surface area (Å²) in [5, 5.41) is 8.81. The fraction of sp³-hybridized carbons (Fsp3) is 0.273. The summed E-state index contributed by atoms with van der Waals surface area (Å²) in [6.07, 6.45) is -3.33. The van der Waals surface area contributed by atoms with Gasteiger partial charge in [0.05, 0.1) is 11.6 Å². The van der Waals surface area contributed by atoms with Crippen molar-refractivity contribution in [3.63, 3.8) is 0 Å². The molecule has 1 atom stereocenters. The Kier molecular flexibility index (Phi) is 2.98. The molecule has 0 aromatic heterocycles. The Bertz CT molecular complexity index is 511. The van der Waals surface area contributed by atoms with Crippen LogP contribution in [-0.4, -0.2) is 23.7 Å². The minimum Gasteiger partial charge on any atom is -0.481 e. The smallest absolute Gasteiger partial charge is 0.481 e. The molecule has 1 aliphatic heterocycles. The van der Waals surface area contributed by atoms with Crippen LogP contribution in [0.15, 0.2) is 23.2 Å². The molecule has 1 N–H and O–H groups in total. The van der Waals surface area contributed by atoms with E-state index in [9.17, 15) is 18.0 Å². The van der Waals surface area contributed by atoms with Crippen LogP contribution in [0, 0.1) is 5.92 Å². The van der Waals surface area contributed by atoms with Crippen molar-refractivity contribution in [1.82, 2.24) is 0 Å². The lowest BCUT2D eigenvalue weighted by atomic mass is 9.96. The van der Waals surface area contributed by atoms with Gasteiger partial charge in [-0.05, 0) is 18.1 Å². The maximum atomic E-state index is 12.0. The van der Waals surface area contributed by atoms with Gasteiger partial charge in [-0.25, -0.2) is 0 Å². The highest BCUT2D eigenvalue weighted by Gasteiger charge is 2.31. The van der Waals surface area contributed by atoms with Gasteiger partial charge in [0.2, 0.25) is 0 Å². The van der Waals surface area contributed by atoms with Crippen molar-refractivity contribution in [2.75, 3.05) is 0 Å². The first-order chi connectivity index (χ1) is 8.35. The quantitative estimate of drug-likeness (QED) is 0.887. The maximum absolute atomic E-state index is 12.0. The summed E-state index contributed by atoms with van der Waals surface area (Å²) in [7, 11) is 0. The second kappa shape index (κ2) is 4.32. The molecule has 1 aliphatic rings. The van der Waals surface area contributed by atoms with E-state index in [-0.39, 0.29) is 12.2 Å². The number of rotatable bonds is 2. The third-order valence-electron chi connectivity index (χ3n) is 2.44. The number of hydrogen-bond donors (Lipinski definition) is 1. The highest BCUT2D eigenvalue weighted by atomic mass is 19.4. The summed E-state index contributed by atoms with van der Waals surface area (Å²) in [4.78, 5) is 14.6. The van der Waals surface area contributed by atoms with Gasteiger partial charge in [-0.15, -0.1) is 13.2 Å². The van der Waals surface area contributed by atoms with E-state index < -0.39 is 18.2 Å². The summed E-state index contributed by atoms with van der Waals surface area (Å²) < 4.78 is 39.8. The van der Waals surface area contributed by atoms with E-state index in [0.717, 1.165) is 12.1 Å². The number of carboxylic acid groups (broad SMARTS) is 1. The van der Waals surface area contributed by atoms with E-state index in [0.29, 0.717) is 11.3 Å². The van der Waals surface area contributed by atoms with Gasteiger partial charge >= 0.3 is 12.3 Å². The molecule has 4 nitrogen and oxygen atoms in total. The van der Waals surface area contributed by atoms with E-state index in [1.807, 2.05) is 0 Å². The third-order valence-corrected chi connectivity index (χ3v) is 2.44. The minimum absolute atomic E-state index is 0.209. The van der Waals surface area contributed by atoms with Crippen molar-refractivity contribution in [3.05, 3.63) is 23.8 Å². The van der Waals surface area contributed by atoms with Gasteiger partial charge in [0.15, 0.2) is 0 Å². The molecule has 0 fully saturated rings. The van der Waals surface area contributed by atoms with Gasteiger partial charge in [-0.1, -0.05) is 6.07 Å². The lowest BCUT2D eigenvalue weighted by Crippen LogP contribution is -2.20. The van der Waals surface area contributed by atoms with Crippen LogP contribution in [-0.2, 0) is 11.2 Å². The summed E-state index contributed by atoms with van der Waals surface area (Å²) in [6, 6.07) is 3.67. The Hall–Kier alpha value is -2.05. The van der Waals surface area contributed by atoms with Crippen molar-refractivity contribution in [1.29, 1.82) is 0 Å². The minimum atomic E-state index is -4.75. The first kappa shape index (κ1) is 12.4. The van der Waals surface area contributed by atoms with Gasteiger partial charge in [-0.3, -0.25) is 9.79 Å². The number of aliphatic carboxylic acids is 1. The first-order valence-electron chi connectivity index (χ1n) is 5.01. The second-order valence-electron chi connectivity index (χ2n) is 3.77. The number of benzene rings is 1. The normalized spacial score (nSPS) is 18.3. The lowest BCUT2D eigenvalue weighted by Gasteiger charge is -2.16. The number of halogens is 3. The Morgan fingerprint density at radius 2 is 2.17 bits per heavy atom. The molecule has 0 amide bonds. The van der Waals surface area contributed by atoms with Crippen LogP contribution in [0.3, 0.4) is 0 Å². The van der Waals surface area contributed by atoms with Gasteiger partial charge in [0.25, 0.3) is 0 Å². The highest BCUT2D eigenvalue weighted by molar-refractivity contribution is 5.91.